The van der Waals surface area contributed by atoms with Gasteiger partial charge in [-0.1, -0.05) is 13.0 Å². The van der Waals surface area contributed by atoms with Crippen molar-refractivity contribution >= 4 is 5.91 Å². The number of benzene rings is 1. The van der Waals surface area contributed by atoms with E-state index in [4.69, 9.17) is 10.00 Å². The summed E-state index contributed by atoms with van der Waals surface area (Å²) in [6, 6.07) is 9.16. The summed E-state index contributed by atoms with van der Waals surface area (Å²) in [5.74, 6) is 0.580. The Bertz CT molecular complexity index is 424. The Morgan fingerprint density at radius 3 is 3.06 bits per heavy atom. The number of rotatable bonds is 7. The van der Waals surface area contributed by atoms with Crippen LogP contribution in [-0.2, 0) is 0 Å². The largest absolute Gasteiger partial charge is 0.494 e. The monoisotopic (exact) mass is 246 g/mol. The van der Waals surface area contributed by atoms with Crippen LogP contribution in [0, 0.1) is 11.3 Å². The number of nitrogens with one attached hydrogen (secondary N) is 1. The minimum atomic E-state index is -0.130. The van der Waals surface area contributed by atoms with E-state index in [-0.39, 0.29) is 5.91 Å². The molecule has 1 aromatic carbocycles. The molecule has 0 aliphatic rings. The summed E-state index contributed by atoms with van der Waals surface area (Å²) in [4.78, 5) is 11.8. The third kappa shape index (κ3) is 4.88. The molecule has 0 aromatic heterocycles. The second kappa shape index (κ2) is 8.13. The summed E-state index contributed by atoms with van der Waals surface area (Å²) in [6.07, 6.45) is 2.07. The number of nitrogens with zero attached hydrogens (tertiary/aromatic N) is 1. The molecule has 18 heavy (non-hydrogen) atoms. The average molecular weight is 246 g/mol. The van der Waals surface area contributed by atoms with Crippen LogP contribution >= 0.6 is 0 Å². The normalized spacial score (nSPS) is 9.56. The summed E-state index contributed by atoms with van der Waals surface area (Å²) in [6.45, 7) is 3.20. The molecule has 0 spiro atoms. The summed E-state index contributed by atoms with van der Waals surface area (Å²) < 4.78 is 5.47. The van der Waals surface area contributed by atoms with Crippen molar-refractivity contribution in [1.82, 2.24) is 5.32 Å². The van der Waals surface area contributed by atoms with Gasteiger partial charge in [-0.25, -0.2) is 0 Å². The Kier molecular flexibility index (Phi) is 6.34. The van der Waals surface area contributed by atoms with Gasteiger partial charge in [-0.3, -0.25) is 4.79 Å². The zero-order chi connectivity index (χ0) is 13.2. The molecule has 0 saturated heterocycles. The minimum absolute atomic E-state index is 0.130. The first-order valence-electron chi connectivity index (χ1n) is 6.16. The number of unbranched alkanes of at least 4 members (excludes halogenated alkanes) is 1. The Morgan fingerprint density at radius 2 is 2.33 bits per heavy atom. The Labute approximate surface area is 108 Å². The number of carbonyl (C=O) groups is 1. The van der Waals surface area contributed by atoms with Crippen molar-refractivity contribution in [2.75, 3.05) is 13.2 Å². The lowest BCUT2D eigenvalue weighted by molar-refractivity contribution is 0.0953. The number of carbonyl (C=O) groups excluding carboxylic acids is 1. The maximum Gasteiger partial charge on any atom is 0.251 e. The number of nitriles is 1. The Morgan fingerprint density at radius 1 is 1.50 bits per heavy atom. The van der Waals surface area contributed by atoms with Crippen LogP contribution in [0.15, 0.2) is 24.3 Å². The highest BCUT2D eigenvalue weighted by Crippen LogP contribution is 2.13. The van der Waals surface area contributed by atoms with Gasteiger partial charge in [0.05, 0.1) is 12.7 Å². The highest BCUT2D eigenvalue weighted by molar-refractivity contribution is 5.94. The van der Waals surface area contributed by atoms with Crippen LogP contribution in [0.4, 0.5) is 0 Å². The van der Waals surface area contributed by atoms with Crippen LogP contribution in [0.2, 0.25) is 0 Å². The molecule has 0 radical (unpaired) electrons. The summed E-state index contributed by atoms with van der Waals surface area (Å²) in [5.41, 5.74) is 0.584. The fourth-order valence-corrected chi connectivity index (χ4v) is 1.42. The molecular formula is C14H18N2O2. The molecule has 0 bridgehead atoms. The lowest BCUT2D eigenvalue weighted by Gasteiger charge is -2.07. The Balaban J connectivity index is 2.49. The van der Waals surface area contributed by atoms with Gasteiger partial charge < -0.3 is 10.1 Å². The maximum atomic E-state index is 11.8. The predicted molar refractivity (Wildman–Crippen MR) is 69.4 cm³/mol. The molecule has 1 N–H and O–H groups in total. The van der Waals surface area contributed by atoms with E-state index in [0.717, 1.165) is 6.42 Å². The SMILES string of the molecule is CCCOc1cccc(C(=O)NCCCC#N)c1. The fraction of sp³-hybridized carbons (Fsp3) is 0.429. The zero-order valence-corrected chi connectivity index (χ0v) is 10.6. The molecular weight excluding hydrogens is 228 g/mol. The van der Waals surface area contributed by atoms with E-state index in [1.807, 2.05) is 19.1 Å². The quantitative estimate of drug-likeness (QED) is 0.752. The van der Waals surface area contributed by atoms with E-state index in [1.54, 1.807) is 18.2 Å². The first kappa shape index (κ1) is 14.0. The molecule has 1 aromatic rings. The highest BCUT2D eigenvalue weighted by Gasteiger charge is 2.05. The molecule has 4 heteroatoms. The van der Waals surface area contributed by atoms with Crippen LogP contribution in [0.1, 0.15) is 36.5 Å². The lowest BCUT2D eigenvalue weighted by atomic mass is 10.2. The number of amides is 1. The zero-order valence-electron chi connectivity index (χ0n) is 10.6. The standard InChI is InChI=1S/C14H18N2O2/c1-2-10-18-13-7-5-6-12(11-13)14(17)16-9-4-3-8-15/h5-7,11H,2-4,9-10H2,1H3,(H,16,17). The topological polar surface area (TPSA) is 62.1 Å². The second-order valence-electron chi connectivity index (χ2n) is 3.89. The van der Waals surface area contributed by atoms with Crippen molar-refractivity contribution in [1.29, 1.82) is 5.26 Å². The molecule has 0 heterocycles. The first-order chi connectivity index (χ1) is 8.77. The van der Waals surface area contributed by atoms with Crippen molar-refractivity contribution in [2.24, 2.45) is 0 Å². The molecule has 96 valence electrons. The summed E-state index contributed by atoms with van der Waals surface area (Å²) in [7, 11) is 0. The maximum absolute atomic E-state index is 11.8. The van der Waals surface area contributed by atoms with E-state index in [2.05, 4.69) is 5.32 Å². The summed E-state index contributed by atoms with van der Waals surface area (Å²) in [5, 5.41) is 11.2. The van der Waals surface area contributed by atoms with E-state index in [0.29, 0.717) is 37.3 Å². The first-order valence-corrected chi connectivity index (χ1v) is 6.16. The van der Waals surface area contributed by atoms with Crippen molar-refractivity contribution in [3.8, 4) is 11.8 Å². The van der Waals surface area contributed by atoms with Crippen LogP contribution in [0.25, 0.3) is 0 Å². The van der Waals surface area contributed by atoms with Gasteiger partial charge in [0.25, 0.3) is 5.91 Å². The van der Waals surface area contributed by atoms with Gasteiger partial charge in [0.15, 0.2) is 0 Å². The molecule has 0 unspecified atom stereocenters. The highest BCUT2D eigenvalue weighted by atomic mass is 16.5. The van der Waals surface area contributed by atoms with Crippen molar-refractivity contribution < 1.29 is 9.53 Å². The number of hydrogen-bond acceptors (Lipinski definition) is 3. The minimum Gasteiger partial charge on any atom is -0.494 e. The van der Waals surface area contributed by atoms with Gasteiger partial charge in [-0.15, -0.1) is 0 Å². The van der Waals surface area contributed by atoms with Crippen molar-refractivity contribution in [3.05, 3.63) is 29.8 Å². The van der Waals surface area contributed by atoms with E-state index < -0.39 is 0 Å². The van der Waals surface area contributed by atoms with Gasteiger partial charge in [-0.2, -0.15) is 5.26 Å². The van der Waals surface area contributed by atoms with E-state index in [1.165, 1.54) is 0 Å². The number of ether oxygens (including phenoxy) is 1. The van der Waals surface area contributed by atoms with Crippen molar-refractivity contribution in [2.45, 2.75) is 26.2 Å². The van der Waals surface area contributed by atoms with Crippen LogP contribution in [0.5, 0.6) is 5.75 Å². The third-order valence-corrected chi connectivity index (χ3v) is 2.32. The van der Waals surface area contributed by atoms with Gasteiger partial charge in [0.1, 0.15) is 5.75 Å². The average Bonchev–Trinajstić information content (AvgIpc) is 2.41. The molecule has 0 saturated carbocycles. The number of hydrogen-bond donors (Lipinski definition) is 1. The molecule has 0 fully saturated rings. The van der Waals surface area contributed by atoms with E-state index >= 15 is 0 Å². The molecule has 0 aliphatic heterocycles. The molecule has 4 nitrogen and oxygen atoms in total. The van der Waals surface area contributed by atoms with Crippen molar-refractivity contribution in [3.63, 3.8) is 0 Å². The van der Waals surface area contributed by atoms with Crippen LogP contribution < -0.4 is 10.1 Å². The smallest absolute Gasteiger partial charge is 0.251 e. The van der Waals surface area contributed by atoms with Gasteiger partial charge >= 0.3 is 0 Å². The molecule has 1 amide bonds. The summed E-state index contributed by atoms with van der Waals surface area (Å²) >= 11 is 0. The van der Waals surface area contributed by atoms with Gasteiger partial charge in [0, 0.05) is 18.5 Å². The third-order valence-electron chi connectivity index (χ3n) is 2.32. The predicted octanol–water partition coefficient (Wildman–Crippen LogP) is 2.51. The Hall–Kier alpha value is -2.02. The molecule has 0 atom stereocenters. The van der Waals surface area contributed by atoms with E-state index in [9.17, 15) is 4.79 Å². The van der Waals surface area contributed by atoms with Gasteiger partial charge in [0.2, 0.25) is 0 Å². The second-order valence-corrected chi connectivity index (χ2v) is 3.89. The van der Waals surface area contributed by atoms with Crippen LogP contribution in [0.3, 0.4) is 0 Å². The molecule has 1 rings (SSSR count). The van der Waals surface area contributed by atoms with Crippen LogP contribution in [-0.4, -0.2) is 19.1 Å². The fourth-order valence-electron chi connectivity index (χ4n) is 1.42. The molecule has 0 aliphatic carbocycles. The lowest BCUT2D eigenvalue weighted by Crippen LogP contribution is -2.24. The van der Waals surface area contributed by atoms with Gasteiger partial charge in [-0.05, 0) is 31.0 Å².